The molecule has 2 aromatic rings. The van der Waals surface area contributed by atoms with Gasteiger partial charge in [0.05, 0.1) is 10.5 Å². The Morgan fingerprint density at radius 2 is 1.81 bits per heavy atom. The number of hydrogen-bond donors (Lipinski definition) is 1. The number of fused-ring (bicyclic) bond motifs is 1. The second-order valence-electron chi connectivity index (χ2n) is 5.38. The van der Waals surface area contributed by atoms with Crippen LogP contribution < -0.4 is 10.1 Å². The minimum atomic E-state index is -0.114. The van der Waals surface area contributed by atoms with Crippen molar-refractivity contribution in [3.05, 3.63) is 58.7 Å². The fraction of sp³-hybridized carbons (Fsp3) is 0.235. The number of halogens is 1. The Balaban J connectivity index is 1.96. The number of alkyl halides is 1. The first-order valence-corrected chi connectivity index (χ1v) is 7.73. The number of rotatable bonds is 2. The van der Waals surface area contributed by atoms with Crippen LogP contribution >= 0.6 is 15.9 Å². The predicted octanol–water partition coefficient (Wildman–Crippen LogP) is 4.12. The van der Waals surface area contributed by atoms with Crippen molar-refractivity contribution < 1.29 is 9.53 Å². The molecule has 0 fully saturated rings. The maximum absolute atomic E-state index is 11.4. The van der Waals surface area contributed by atoms with E-state index < -0.39 is 0 Å². The van der Waals surface area contributed by atoms with Crippen molar-refractivity contribution in [3.8, 4) is 5.75 Å². The molecule has 1 amide bonds. The Morgan fingerprint density at radius 1 is 1.10 bits per heavy atom. The van der Waals surface area contributed by atoms with Gasteiger partial charge in [0.15, 0.2) is 6.61 Å². The smallest absolute Gasteiger partial charge is 0.262 e. The maximum atomic E-state index is 11.4. The van der Waals surface area contributed by atoms with E-state index in [1.54, 1.807) is 0 Å². The zero-order chi connectivity index (χ0) is 15.0. The first kappa shape index (κ1) is 14.1. The fourth-order valence-electron chi connectivity index (χ4n) is 2.61. The number of anilines is 1. The van der Waals surface area contributed by atoms with E-state index in [2.05, 4.69) is 53.3 Å². The lowest BCUT2D eigenvalue weighted by Gasteiger charge is -2.20. The van der Waals surface area contributed by atoms with E-state index >= 15 is 0 Å². The van der Waals surface area contributed by atoms with Gasteiger partial charge >= 0.3 is 0 Å². The lowest BCUT2D eigenvalue weighted by atomic mass is 10.00. The Bertz CT molecular complexity index is 692. The summed E-state index contributed by atoms with van der Waals surface area (Å²) in [6.07, 6.45) is 0. The van der Waals surface area contributed by atoms with Gasteiger partial charge in [-0.1, -0.05) is 51.3 Å². The molecule has 1 atom stereocenters. The van der Waals surface area contributed by atoms with Crippen LogP contribution in [0.15, 0.2) is 36.4 Å². The van der Waals surface area contributed by atoms with Gasteiger partial charge in [0.25, 0.3) is 5.91 Å². The summed E-state index contributed by atoms with van der Waals surface area (Å²) in [6, 6.07) is 12.4. The van der Waals surface area contributed by atoms with E-state index in [1.165, 1.54) is 16.7 Å². The SMILES string of the molecule is Cc1cc(C)cc(C(Br)c2ccc3c(c2)NC(=O)CO3)c1. The van der Waals surface area contributed by atoms with E-state index in [0.29, 0.717) is 0 Å². The summed E-state index contributed by atoms with van der Waals surface area (Å²) in [5.41, 5.74) is 5.51. The molecule has 21 heavy (non-hydrogen) atoms. The van der Waals surface area contributed by atoms with Crippen LogP contribution in [0.4, 0.5) is 5.69 Å². The molecule has 3 nitrogen and oxygen atoms in total. The summed E-state index contributed by atoms with van der Waals surface area (Å²) >= 11 is 3.75. The highest BCUT2D eigenvalue weighted by Gasteiger charge is 2.18. The normalized spacial score (nSPS) is 14.9. The summed E-state index contributed by atoms with van der Waals surface area (Å²) < 4.78 is 5.39. The Labute approximate surface area is 132 Å². The number of nitrogens with one attached hydrogen (secondary N) is 1. The molecule has 1 heterocycles. The van der Waals surface area contributed by atoms with Gasteiger partial charge in [-0.3, -0.25) is 4.79 Å². The molecule has 1 aliphatic heterocycles. The van der Waals surface area contributed by atoms with Gasteiger partial charge in [-0.25, -0.2) is 0 Å². The first-order chi connectivity index (χ1) is 10.0. The van der Waals surface area contributed by atoms with Crippen LogP contribution in [0.2, 0.25) is 0 Å². The Kier molecular flexibility index (Phi) is 3.72. The van der Waals surface area contributed by atoms with Gasteiger partial charge in [0, 0.05) is 0 Å². The highest BCUT2D eigenvalue weighted by molar-refractivity contribution is 9.09. The van der Waals surface area contributed by atoms with Gasteiger partial charge in [0.1, 0.15) is 5.75 Å². The maximum Gasteiger partial charge on any atom is 0.262 e. The largest absolute Gasteiger partial charge is 0.482 e. The molecule has 1 aliphatic rings. The molecule has 0 aliphatic carbocycles. The molecule has 3 rings (SSSR count). The number of carbonyl (C=O) groups is 1. The second kappa shape index (κ2) is 5.53. The number of hydrogen-bond acceptors (Lipinski definition) is 2. The van der Waals surface area contributed by atoms with Crippen molar-refractivity contribution in [1.29, 1.82) is 0 Å². The highest BCUT2D eigenvalue weighted by atomic mass is 79.9. The van der Waals surface area contributed by atoms with Crippen LogP contribution in [0.25, 0.3) is 0 Å². The number of amides is 1. The molecule has 4 heteroatoms. The summed E-state index contributed by atoms with van der Waals surface area (Å²) in [5.74, 6) is 0.607. The molecule has 0 spiro atoms. The topological polar surface area (TPSA) is 38.3 Å². The third-order valence-electron chi connectivity index (χ3n) is 3.47. The molecule has 0 aromatic heterocycles. The number of ether oxygens (including phenoxy) is 1. The summed E-state index contributed by atoms with van der Waals surface area (Å²) in [5, 5.41) is 2.84. The van der Waals surface area contributed by atoms with Gasteiger partial charge in [-0.2, -0.15) is 0 Å². The van der Waals surface area contributed by atoms with Gasteiger partial charge in [-0.15, -0.1) is 0 Å². The zero-order valence-corrected chi connectivity index (χ0v) is 13.5. The van der Waals surface area contributed by atoms with Crippen LogP contribution in [0, 0.1) is 13.8 Å². The average Bonchev–Trinajstić information content (AvgIpc) is 2.44. The molecule has 108 valence electrons. The molecule has 1 unspecified atom stereocenters. The quantitative estimate of drug-likeness (QED) is 0.831. The minimum Gasteiger partial charge on any atom is -0.482 e. The average molecular weight is 346 g/mol. The van der Waals surface area contributed by atoms with Gasteiger partial charge in [0.2, 0.25) is 0 Å². The van der Waals surface area contributed by atoms with E-state index in [4.69, 9.17) is 4.74 Å². The fourth-order valence-corrected chi connectivity index (χ4v) is 3.16. The summed E-state index contributed by atoms with van der Waals surface area (Å²) in [4.78, 5) is 11.5. The van der Waals surface area contributed by atoms with Crippen LogP contribution in [0.3, 0.4) is 0 Å². The lowest BCUT2D eigenvalue weighted by Crippen LogP contribution is -2.25. The van der Waals surface area contributed by atoms with Crippen LogP contribution in [-0.2, 0) is 4.79 Å². The third-order valence-corrected chi connectivity index (χ3v) is 4.52. The van der Waals surface area contributed by atoms with E-state index in [-0.39, 0.29) is 17.3 Å². The monoisotopic (exact) mass is 345 g/mol. The van der Waals surface area contributed by atoms with Crippen molar-refractivity contribution in [3.63, 3.8) is 0 Å². The van der Waals surface area contributed by atoms with Gasteiger partial charge in [-0.05, 0) is 37.1 Å². The van der Waals surface area contributed by atoms with Crippen molar-refractivity contribution in [2.45, 2.75) is 18.7 Å². The van der Waals surface area contributed by atoms with E-state index in [1.807, 2.05) is 18.2 Å². The van der Waals surface area contributed by atoms with E-state index in [9.17, 15) is 4.79 Å². The van der Waals surface area contributed by atoms with Crippen LogP contribution in [-0.4, -0.2) is 12.5 Å². The molecule has 1 N–H and O–H groups in total. The Morgan fingerprint density at radius 3 is 2.52 bits per heavy atom. The molecule has 0 saturated carbocycles. The standard InChI is InChI=1S/C17H16BrNO2/c1-10-5-11(2)7-13(6-10)17(18)12-3-4-15-14(8-12)19-16(20)9-21-15/h3-8,17H,9H2,1-2H3,(H,19,20). The highest BCUT2D eigenvalue weighted by Crippen LogP contribution is 2.37. The molecular formula is C17H16BrNO2. The summed E-state index contributed by atoms with van der Waals surface area (Å²) in [6.45, 7) is 4.27. The van der Waals surface area contributed by atoms with Crippen molar-refractivity contribution in [2.24, 2.45) is 0 Å². The zero-order valence-electron chi connectivity index (χ0n) is 11.9. The number of aryl methyl sites for hydroxylation is 2. The molecular weight excluding hydrogens is 330 g/mol. The van der Waals surface area contributed by atoms with Crippen LogP contribution in [0.5, 0.6) is 5.75 Å². The third kappa shape index (κ3) is 2.95. The van der Waals surface area contributed by atoms with E-state index in [0.717, 1.165) is 17.0 Å². The number of benzene rings is 2. The molecule has 0 bridgehead atoms. The molecule has 0 saturated heterocycles. The minimum absolute atomic E-state index is 0.0835. The lowest BCUT2D eigenvalue weighted by molar-refractivity contribution is -0.118. The number of carbonyl (C=O) groups excluding carboxylic acids is 1. The first-order valence-electron chi connectivity index (χ1n) is 6.82. The molecule has 2 aromatic carbocycles. The Hall–Kier alpha value is -1.81. The van der Waals surface area contributed by atoms with Crippen molar-refractivity contribution >= 4 is 27.5 Å². The van der Waals surface area contributed by atoms with Crippen molar-refractivity contribution in [1.82, 2.24) is 0 Å². The predicted molar refractivity (Wildman–Crippen MR) is 87.3 cm³/mol. The molecule has 0 radical (unpaired) electrons. The van der Waals surface area contributed by atoms with Crippen LogP contribution in [0.1, 0.15) is 27.1 Å². The second-order valence-corrected chi connectivity index (χ2v) is 6.29. The van der Waals surface area contributed by atoms with Crippen molar-refractivity contribution in [2.75, 3.05) is 11.9 Å². The summed E-state index contributed by atoms with van der Waals surface area (Å²) in [7, 11) is 0. The van der Waals surface area contributed by atoms with Gasteiger partial charge < -0.3 is 10.1 Å².